The number of aryl methyl sites for hydroxylation is 1. The third-order valence-corrected chi connectivity index (χ3v) is 2.51. The second kappa shape index (κ2) is 5.05. The fourth-order valence-corrected chi connectivity index (χ4v) is 1.55. The first-order valence-electron chi connectivity index (χ1n) is 5.57. The fraction of sp³-hybridized carbons (Fsp3) is 0.583. The van der Waals surface area contributed by atoms with Crippen LogP contribution in [-0.4, -0.2) is 15.9 Å². The van der Waals surface area contributed by atoms with E-state index < -0.39 is 0 Å². The zero-order valence-electron chi connectivity index (χ0n) is 10.4. The highest BCUT2D eigenvalue weighted by atomic mass is 16.2. The van der Waals surface area contributed by atoms with Gasteiger partial charge in [0.25, 0.3) is 0 Å². The lowest BCUT2D eigenvalue weighted by molar-refractivity contribution is -0.124. The number of rotatable bonds is 4. The number of amides is 1. The molecule has 0 spiro atoms. The van der Waals surface area contributed by atoms with Crippen LogP contribution in [0.4, 0.5) is 5.82 Å². The van der Waals surface area contributed by atoms with Crippen LogP contribution in [0.5, 0.6) is 0 Å². The Kier molecular flexibility index (Phi) is 3.99. The molecule has 1 N–H and O–H groups in total. The summed E-state index contributed by atoms with van der Waals surface area (Å²) in [7, 11) is 0. The number of nitrogens with one attached hydrogen (secondary N) is 1. The summed E-state index contributed by atoms with van der Waals surface area (Å²) >= 11 is 0. The molecule has 1 aromatic heterocycles. The monoisotopic (exact) mass is 221 g/mol. The van der Waals surface area contributed by atoms with Gasteiger partial charge in [-0.1, -0.05) is 27.2 Å². The Morgan fingerprint density at radius 3 is 2.75 bits per heavy atom. The molecule has 4 heteroatoms. The Hall–Kier alpha value is -1.45. The van der Waals surface area contributed by atoms with Crippen LogP contribution in [0, 0.1) is 12.3 Å². The SMILES string of the molecule is CCCC(C)(C)C(=O)Nc1ccnc(C)n1. The summed E-state index contributed by atoms with van der Waals surface area (Å²) in [5, 5.41) is 2.82. The van der Waals surface area contributed by atoms with Crippen molar-refractivity contribution < 1.29 is 4.79 Å². The molecule has 0 aromatic carbocycles. The minimum Gasteiger partial charge on any atom is -0.310 e. The van der Waals surface area contributed by atoms with Crippen molar-refractivity contribution in [2.75, 3.05) is 5.32 Å². The average molecular weight is 221 g/mol. The largest absolute Gasteiger partial charge is 0.310 e. The number of hydrogen-bond donors (Lipinski definition) is 1. The van der Waals surface area contributed by atoms with Gasteiger partial charge in [0.05, 0.1) is 0 Å². The van der Waals surface area contributed by atoms with Gasteiger partial charge in [-0.25, -0.2) is 9.97 Å². The molecule has 4 nitrogen and oxygen atoms in total. The minimum atomic E-state index is -0.354. The summed E-state index contributed by atoms with van der Waals surface area (Å²) in [5.41, 5.74) is -0.354. The molecule has 0 bridgehead atoms. The molecule has 1 heterocycles. The van der Waals surface area contributed by atoms with E-state index in [-0.39, 0.29) is 11.3 Å². The summed E-state index contributed by atoms with van der Waals surface area (Å²) in [6.07, 6.45) is 3.50. The van der Waals surface area contributed by atoms with Gasteiger partial charge < -0.3 is 5.32 Å². The topological polar surface area (TPSA) is 54.9 Å². The lowest BCUT2D eigenvalue weighted by atomic mass is 9.87. The first-order chi connectivity index (χ1) is 7.45. The van der Waals surface area contributed by atoms with Crippen LogP contribution in [0.3, 0.4) is 0 Å². The molecule has 0 saturated carbocycles. The zero-order valence-corrected chi connectivity index (χ0v) is 10.4. The van der Waals surface area contributed by atoms with E-state index in [2.05, 4.69) is 22.2 Å². The first kappa shape index (κ1) is 12.6. The molecule has 0 aliphatic carbocycles. The molecule has 0 aliphatic heterocycles. The summed E-state index contributed by atoms with van der Waals surface area (Å²) in [6.45, 7) is 7.76. The third-order valence-electron chi connectivity index (χ3n) is 2.51. The Morgan fingerprint density at radius 2 is 2.19 bits per heavy atom. The van der Waals surface area contributed by atoms with E-state index in [0.29, 0.717) is 11.6 Å². The van der Waals surface area contributed by atoms with Crippen LogP contribution in [0.2, 0.25) is 0 Å². The van der Waals surface area contributed by atoms with Gasteiger partial charge in [0.15, 0.2) is 0 Å². The van der Waals surface area contributed by atoms with E-state index in [0.717, 1.165) is 12.8 Å². The van der Waals surface area contributed by atoms with Crippen LogP contribution in [0.15, 0.2) is 12.3 Å². The van der Waals surface area contributed by atoms with E-state index in [9.17, 15) is 4.79 Å². The molecular weight excluding hydrogens is 202 g/mol. The number of anilines is 1. The van der Waals surface area contributed by atoms with Crippen LogP contribution >= 0.6 is 0 Å². The van der Waals surface area contributed by atoms with Crippen LogP contribution in [0.1, 0.15) is 39.4 Å². The van der Waals surface area contributed by atoms with Crippen LogP contribution < -0.4 is 5.32 Å². The molecule has 0 radical (unpaired) electrons. The van der Waals surface area contributed by atoms with Crippen molar-refractivity contribution in [1.82, 2.24) is 9.97 Å². The molecule has 0 unspecified atom stereocenters. The van der Waals surface area contributed by atoms with Gasteiger partial charge in [-0.05, 0) is 19.4 Å². The van der Waals surface area contributed by atoms with Gasteiger partial charge in [0.2, 0.25) is 5.91 Å². The zero-order chi connectivity index (χ0) is 12.2. The number of hydrogen-bond acceptors (Lipinski definition) is 3. The quantitative estimate of drug-likeness (QED) is 0.850. The molecule has 88 valence electrons. The first-order valence-corrected chi connectivity index (χ1v) is 5.57. The maximum Gasteiger partial charge on any atom is 0.231 e. The van der Waals surface area contributed by atoms with E-state index in [1.165, 1.54) is 0 Å². The number of aromatic nitrogens is 2. The van der Waals surface area contributed by atoms with Gasteiger partial charge in [0.1, 0.15) is 11.6 Å². The van der Waals surface area contributed by atoms with Crippen molar-refractivity contribution in [2.24, 2.45) is 5.41 Å². The van der Waals surface area contributed by atoms with Crippen LogP contribution in [0.25, 0.3) is 0 Å². The van der Waals surface area contributed by atoms with Crippen molar-refractivity contribution >= 4 is 11.7 Å². The molecule has 0 fully saturated rings. The van der Waals surface area contributed by atoms with Gasteiger partial charge in [0, 0.05) is 11.6 Å². The molecule has 0 atom stereocenters. The number of carbonyl (C=O) groups excluding carboxylic acids is 1. The third kappa shape index (κ3) is 3.29. The summed E-state index contributed by atoms with van der Waals surface area (Å²) in [6, 6.07) is 1.70. The summed E-state index contributed by atoms with van der Waals surface area (Å²) in [5.74, 6) is 1.24. The highest BCUT2D eigenvalue weighted by molar-refractivity contribution is 5.93. The Bertz CT molecular complexity index is 374. The minimum absolute atomic E-state index is 0.00690. The van der Waals surface area contributed by atoms with Crippen molar-refractivity contribution in [1.29, 1.82) is 0 Å². The van der Waals surface area contributed by atoms with Crippen molar-refractivity contribution in [3.05, 3.63) is 18.1 Å². The van der Waals surface area contributed by atoms with E-state index in [4.69, 9.17) is 0 Å². The lowest BCUT2D eigenvalue weighted by Crippen LogP contribution is -2.31. The van der Waals surface area contributed by atoms with E-state index in [1.54, 1.807) is 19.2 Å². The van der Waals surface area contributed by atoms with Gasteiger partial charge in [-0.2, -0.15) is 0 Å². The molecule has 0 aliphatic rings. The standard InChI is InChI=1S/C12H19N3O/c1-5-7-12(3,4)11(16)15-10-6-8-13-9(2)14-10/h6,8H,5,7H2,1-4H3,(H,13,14,15,16). The van der Waals surface area contributed by atoms with E-state index in [1.807, 2.05) is 13.8 Å². The smallest absolute Gasteiger partial charge is 0.231 e. The van der Waals surface area contributed by atoms with Crippen molar-refractivity contribution in [3.63, 3.8) is 0 Å². The van der Waals surface area contributed by atoms with Crippen molar-refractivity contribution in [2.45, 2.75) is 40.5 Å². The fourth-order valence-electron chi connectivity index (χ4n) is 1.55. The summed E-state index contributed by atoms with van der Waals surface area (Å²) in [4.78, 5) is 20.1. The van der Waals surface area contributed by atoms with Crippen molar-refractivity contribution in [3.8, 4) is 0 Å². The Morgan fingerprint density at radius 1 is 1.50 bits per heavy atom. The number of nitrogens with zero attached hydrogens (tertiary/aromatic N) is 2. The summed E-state index contributed by atoms with van der Waals surface area (Å²) < 4.78 is 0. The normalized spacial score (nSPS) is 11.2. The molecule has 1 rings (SSSR count). The van der Waals surface area contributed by atoms with E-state index >= 15 is 0 Å². The Balaban J connectivity index is 2.71. The highest BCUT2D eigenvalue weighted by Gasteiger charge is 2.26. The molecule has 16 heavy (non-hydrogen) atoms. The maximum atomic E-state index is 12.0. The predicted molar refractivity (Wildman–Crippen MR) is 64.1 cm³/mol. The molecule has 0 saturated heterocycles. The lowest BCUT2D eigenvalue weighted by Gasteiger charge is -2.22. The van der Waals surface area contributed by atoms with Crippen LogP contribution in [-0.2, 0) is 4.79 Å². The van der Waals surface area contributed by atoms with Gasteiger partial charge in [-0.3, -0.25) is 4.79 Å². The number of carbonyl (C=O) groups is 1. The molecule has 1 amide bonds. The second-order valence-corrected chi connectivity index (χ2v) is 4.58. The molecular formula is C12H19N3O. The van der Waals surface area contributed by atoms with Gasteiger partial charge in [-0.15, -0.1) is 0 Å². The average Bonchev–Trinajstić information content (AvgIpc) is 2.17. The predicted octanol–water partition coefficient (Wildman–Crippen LogP) is 2.55. The highest BCUT2D eigenvalue weighted by Crippen LogP contribution is 2.23. The molecule has 1 aromatic rings. The Labute approximate surface area is 96.5 Å². The second-order valence-electron chi connectivity index (χ2n) is 4.58. The maximum absolute atomic E-state index is 12.0. The van der Waals surface area contributed by atoms with Gasteiger partial charge >= 0.3 is 0 Å².